The Labute approximate surface area is 134 Å². The second-order valence-corrected chi connectivity index (χ2v) is 7.89. The van der Waals surface area contributed by atoms with E-state index in [-0.39, 0.29) is 17.8 Å². The molecular weight excluding hydrogens is 308 g/mol. The Morgan fingerprint density at radius 3 is 2.48 bits per heavy atom. The molecule has 0 saturated carbocycles. The third kappa shape index (κ3) is 4.68. The zero-order valence-electron chi connectivity index (χ0n) is 12.9. The van der Waals surface area contributed by atoms with Crippen molar-refractivity contribution in [3.05, 3.63) is 29.3 Å². The molecule has 1 heterocycles. The highest BCUT2D eigenvalue weighted by Crippen LogP contribution is 2.27. The second kappa shape index (κ2) is 7.09. The third-order valence-corrected chi connectivity index (χ3v) is 5.68. The van der Waals surface area contributed by atoms with Crippen molar-refractivity contribution in [3.8, 4) is 0 Å². The summed E-state index contributed by atoms with van der Waals surface area (Å²) in [6.45, 7) is 8.32. The minimum absolute atomic E-state index is 0. The predicted molar refractivity (Wildman–Crippen MR) is 88.6 cm³/mol. The van der Waals surface area contributed by atoms with Gasteiger partial charge in [0, 0.05) is 6.54 Å². The molecule has 0 aromatic heterocycles. The van der Waals surface area contributed by atoms with Gasteiger partial charge in [0.2, 0.25) is 10.0 Å². The molecule has 0 unspecified atom stereocenters. The molecule has 1 aromatic rings. The topological polar surface area (TPSA) is 58.2 Å². The van der Waals surface area contributed by atoms with Gasteiger partial charge in [-0.3, -0.25) is 0 Å². The second-order valence-electron chi connectivity index (χ2n) is 6.15. The molecule has 21 heavy (non-hydrogen) atoms. The average Bonchev–Trinajstić information content (AvgIpc) is 2.40. The summed E-state index contributed by atoms with van der Waals surface area (Å²) in [5, 5.41) is 3.31. The van der Waals surface area contributed by atoms with Crippen LogP contribution < -0.4 is 10.0 Å². The lowest BCUT2D eigenvalue weighted by Gasteiger charge is -2.34. The molecule has 1 aromatic carbocycles. The highest BCUT2D eigenvalue weighted by Gasteiger charge is 2.29. The first kappa shape index (κ1) is 18.4. The molecule has 120 valence electrons. The molecule has 0 bridgehead atoms. The smallest absolute Gasteiger partial charge is 0.240 e. The van der Waals surface area contributed by atoms with Gasteiger partial charge in [0.05, 0.1) is 4.90 Å². The molecule has 0 spiro atoms. The van der Waals surface area contributed by atoms with Crippen LogP contribution in [0.1, 0.15) is 30.9 Å². The fourth-order valence-corrected chi connectivity index (χ4v) is 4.08. The van der Waals surface area contributed by atoms with Crippen LogP contribution in [0.5, 0.6) is 0 Å². The van der Waals surface area contributed by atoms with Gasteiger partial charge < -0.3 is 5.32 Å². The monoisotopic (exact) mass is 332 g/mol. The standard InChI is InChI=1S/C15H24N2O2S.ClH/c1-12-4-5-13(2)14(10-12)20(18,19)17-11-15(3)6-8-16-9-7-15;/h4-5,10,16-17H,6-9,11H2,1-3H3;1H. The van der Waals surface area contributed by atoms with E-state index < -0.39 is 10.0 Å². The Bertz CT molecular complexity index is 581. The first-order valence-electron chi connectivity index (χ1n) is 7.10. The Morgan fingerprint density at radius 1 is 1.24 bits per heavy atom. The number of hydrogen-bond acceptors (Lipinski definition) is 3. The number of nitrogens with one attached hydrogen (secondary N) is 2. The van der Waals surface area contributed by atoms with Crippen LogP contribution in [0.4, 0.5) is 0 Å². The quantitative estimate of drug-likeness (QED) is 0.890. The van der Waals surface area contributed by atoms with E-state index in [2.05, 4.69) is 17.0 Å². The van der Waals surface area contributed by atoms with E-state index in [9.17, 15) is 8.42 Å². The van der Waals surface area contributed by atoms with Gasteiger partial charge in [-0.05, 0) is 62.4 Å². The van der Waals surface area contributed by atoms with Crippen molar-refractivity contribution < 1.29 is 8.42 Å². The average molecular weight is 333 g/mol. The van der Waals surface area contributed by atoms with Crippen LogP contribution in [-0.4, -0.2) is 28.1 Å². The summed E-state index contributed by atoms with van der Waals surface area (Å²) in [6.07, 6.45) is 2.00. The first-order valence-corrected chi connectivity index (χ1v) is 8.58. The van der Waals surface area contributed by atoms with Crippen LogP contribution in [0.15, 0.2) is 23.1 Å². The Hall–Kier alpha value is -0.620. The third-order valence-electron chi connectivity index (χ3n) is 4.13. The van der Waals surface area contributed by atoms with Crippen molar-refractivity contribution in [2.45, 2.75) is 38.5 Å². The van der Waals surface area contributed by atoms with Crippen LogP contribution in [0.3, 0.4) is 0 Å². The zero-order valence-corrected chi connectivity index (χ0v) is 14.5. The number of benzene rings is 1. The van der Waals surface area contributed by atoms with E-state index >= 15 is 0 Å². The van der Waals surface area contributed by atoms with Crippen LogP contribution >= 0.6 is 12.4 Å². The van der Waals surface area contributed by atoms with Crippen molar-refractivity contribution in [3.63, 3.8) is 0 Å². The van der Waals surface area contributed by atoms with Gasteiger partial charge in [0.15, 0.2) is 0 Å². The number of aryl methyl sites for hydroxylation is 2. The van der Waals surface area contributed by atoms with Gasteiger partial charge in [-0.1, -0.05) is 19.1 Å². The van der Waals surface area contributed by atoms with Gasteiger partial charge in [-0.2, -0.15) is 0 Å². The number of sulfonamides is 1. The lowest BCUT2D eigenvalue weighted by Crippen LogP contribution is -2.42. The van der Waals surface area contributed by atoms with Gasteiger partial charge in [0.25, 0.3) is 0 Å². The SMILES string of the molecule is Cc1ccc(C)c(S(=O)(=O)NCC2(C)CCNCC2)c1.Cl. The minimum Gasteiger partial charge on any atom is -0.317 e. The Kier molecular flexibility index (Phi) is 6.23. The highest BCUT2D eigenvalue weighted by atomic mass is 35.5. The fraction of sp³-hybridized carbons (Fsp3) is 0.600. The number of rotatable bonds is 4. The lowest BCUT2D eigenvalue weighted by molar-refractivity contribution is 0.232. The van der Waals surface area contributed by atoms with Crippen LogP contribution in [-0.2, 0) is 10.0 Å². The summed E-state index contributed by atoms with van der Waals surface area (Å²) in [4.78, 5) is 0.398. The van der Waals surface area contributed by atoms with E-state index in [1.165, 1.54) is 0 Å². The van der Waals surface area contributed by atoms with Crippen molar-refractivity contribution in [2.24, 2.45) is 5.41 Å². The zero-order chi connectivity index (χ0) is 14.8. The molecule has 0 radical (unpaired) electrons. The van der Waals surface area contributed by atoms with E-state index in [0.717, 1.165) is 37.1 Å². The summed E-state index contributed by atoms with van der Waals surface area (Å²) in [5.41, 5.74) is 1.80. The number of halogens is 1. The molecule has 6 heteroatoms. The van der Waals surface area contributed by atoms with Crippen molar-refractivity contribution in [1.29, 1.82) is 0 Å². The molecule has 1 fully saturated rings. The maximum absolute atomic E-state index is 12.5. The Morgan fingerprint density at radius 2 is 1.86 bits per heavy atom. The largest absolute Gasteiger partial charge is 0.317 e. The summed E-state index contributed by atoms with van der Waals surface area (Å²) in [6, 6.07) is 5.53. The van der Waals surface area contributed by atoms with Crippen molar-refractivity contribution in [1.82, 2.24) is 10.0 Å². The summed E-state index contributed by atoms with van der Waals surface area (Å²) in [5.74, 6) is 0. The molecule has 2 N–H and O–H groups in total. The fourth-order valence-electron chi connectivity index (χ4n) is 2.55. The molecule has 1 aliphatic heterocycles. The van der Waals surface area contributed by atoms with E-state index in [1.54, 1.807) is 6.07 Å². The van der Waals surface area contributed by atoms with E-state index in [0.29, 0.717) is 11.4 Å². The number of piperidine rings is 1. The lowest BCUT2D eigenvalue weighted by atomic mass is 9.81. The van der Waals surface area contributed by atoms with Crippen LogP contribution in [0, 0.1) is 19.3 Å². The molecular formula is C15H25ClN2O2S. The maximum Gasteiger partial charge on any atom is 0.240 e. The first-order chi connectivity index (χ1) is 9.32. The number of hydrogen-bond donors (Lipinski definition) is 2. The summed E-state index contributed by atoms with van der Waals surface area (Å²) in [7, 11) is -3.42. The van der Waals surface area contributed by atoms with Gasteiger partial charge in [-0.15, -0.1) is 12.4 Å². The van der Waals surface area contributed by atoms with Crippen LogP contribution in [0.25, 0.3) is 0 Å². The summed E-state index contributed by atoms with van der Waals surface area (Å²) < 4.78 is 27.7. The van der Waals surface area contributed by atoms with Crippen LogP contribution in [0.2, 0.25) is 0 Å². The maximum atomic E-state index is 12.5. The summed E-state index contributed by atoms with van der Waals surface area (Å²) >= 11 is 0. The molecule has 1 saturated heterocycles. The van der Waals surface area contributed by atoms with E-state index in [1.807, 2.05) is 26.0 Å². The van der Waals surface area contributed by atoms with Gasteiger partial charge in [-0.25, -0.2) is 13.1 Å². The Balaban J connectivity index is 0.00000220. The molecule has 0 amide bonds. The molecule has 4 nitrogen and oxygen atoms in total. The molecule has 0 aliphatic carbocycles. The van der Waals surface area contributed by atoms with Crippen molar-refractivity contribution in [2.75, 3.05) is 19.6 Å². The normalized spacial score (nSPS) is 18.0. The van der Waals surface area contributed by atoms with Gasteiger partial charge in [0.1, 0.15) is 0 Å². The van der Waals surface area contributed by atoms with Gasteiger partial charge >= 0.3 is 0 Å². The highest BCUT2D eigenvalue weighted by molar-refractivity contribution is 7.89. The van der Waals surface area contributed by atoms with E-state index in [4.69, 9.17) is 0 Å². The predicted octanol–water partition coefficient (Wildman–Crippen LogP) is 2.39. The van der Waals surface area contributed by atoms with Crippen molar-refractivity contribution >= 4 is 22.4 Å². The molecule has 2 rings (SSSR count). The minimum atomic E-state index is -3.42. The molecule has 0 atom stereocenters. The molecule has 1 aliphatic rings.